The molecule has 1 aromatic carbocycles. The van der Waals surface area contributed by atoms with E-state index in [1.54, 1.807) is 6.92 Å². The second-order valence-electron chi connectivity index (χ2n) is 4.70. The smallest absolute Gasteiger partial charge is 0.240 e. The summed E-state index contributed by atoms with van der Waals surface area (Å²) in [5.41, 5.74) is 0.164. The fourth-order valence-corrected chi connectivity index (χ4v) is 2.29. The zero-order valence-corrected chi connectivity index (χ0v) is 12.2. The zero-order valence-electron chi connectivity index (χ0n) is 10.6. The molecular formula is C13H14BrFN2O2. The van der Waals surface area contributed by atoms with Gasteiger partial charge in [0.25, 0.3) is 0 Å². The van der Waals surface area contributed by atoms with Crippen molar-refractivity contribution in [2.24, 2.45) is 5.41 Å². The summed E-state index contributed by atoms with van der Waals surface area (Å²) in [6.45, 7) is 1.70. The van der Waals surface area contributed by atoms with Crippen molar-refractivity contribution in [1.29, 1.82) is 0 Å². The fourth-order valence-electron chi connectivity index (χ4n) is 1.94. The topological polar surface area (TPSA) is 58.2 Å². The lowest BCUT2D eigenvalue weighted by Gasteiger charge is -2.15. The molecule has 0 aliphatic heterocycles. The van der Waals surface area contributed by atoms with Crippen molar-refractivity contribution in [3.8, 4) is 0 Å². The van der Waals surface area contributed by atoms with Gasteiger partial charge < -0.3 is 10.6 Å². The molecule has 2 rings (SSSR count). The minimum Gasteiger partial charge on any atom is -0.358 e. The summed E-state index contributed by atoms with van der Waals surface area (Å²) in [5, 5.41) is 5.20. The summed E-state index contributed by atoms with van der Waals surface area (Å²) in [6, 6.07) is 2.83. The van der Waals surface area contributed by atoms with Gasteiger partial charge in [-0.2, -0.15) is 0 Å². The van der Waals surface area contributed by atoms with E-state index in [1.165, 1.54) is 19.2 Å². The molecule has 19 heavy (non-hydrogen) atoms. The van der Waals surface area contributed by atoms with Crippen LogP contribution in [0.5, 0.6) is 0 Å². The molecule has 0 radical (unpaired) electrons. The van der Waals surface area contributed by atoms with Crippen LogP contribution < -0.4 is 10.6 Å². The monoisotopic (exact) mass is 328 g/mol. The molecule has 4 nitrogen and oxygen atoms in total. The Balaban J connectivity index is 2.21. The zero-order chi connectivity index (χ0) is 14.2. The van der Waals surface area contributed by atoms with Crippen LogP contribution in [0, 0.1) is 18.2 Å². The Morgan fingerprint density at radius 1 is 1.32 bits per heavy atom. The molecule has 0 saturated heterocycles. The van der Waals surface area contributed by atoms with Crippen LogP contribution in [-0.2, 0) is 9.59 Å². The number of benzene rings is 1. The molecule has 0 bridgehead atoms. The summed E-state index contributed by atoms with van der Waals surface area (Å²) in [4.78, 5) is 23.9. The Hall–Kier alpha value is -1.43. The maximum absolute atomic E-state index is 13.3. The summed E-state index contributed by atoms with van der Waals surface area (Å²) in [7, 11) is 1.51. The highest BCUT2D eigenvalue weighted by Gasteiger charge is 2.56. The van der Waals surface area contributed by atoms with Crippen molar-refractivity contribution >= 4 is 33.4 Å². The van der Waals surface area contributed by atoms with Crippen molar-refractivity contribution in [1.82, 2.24) is 5.32 Å². The highest BCUT2D eigenvalue weighted by atomic mass is 79.9. The normalized spacial score (nSPS) is 15.8. The average Bonchev–Trinajstić information content (AvgIpc) is 3.16. The molecule has 0 aromatic heterocycles. The molecule has 102 valence electrons. The van der Waals surface area contributed by atoms with E-state index in [1.807, 2.05) is 0 Å². The minimum absolute atomic E-state index is 0.274. The number of aryl methyl sites for hydroxylation is 1. The molecule has 6 heteroatoms. The molecule has 0 atom stereocenters. The number of rotatable bonds is 3. The Kier molecular flexibility index (Phi) is 3.62. The second-order valence-corrected chi connectivity index (χ2v) is 5.55. The van der Waals surface area contributed by atoms with Crippen molar-refractivity contribution in [2.75, 3.05) is 12.4 Å². The van der Waals surface area contributed by atoms with Gasteiger partial charge in [0.05, 0.1) is 4.47 Å². The van der Waals surface area contributed by atoms with Crippen molar-refractivity contribution in [3.63, 3.8) is 0 Å². The van der Waals surface area contributed by atoms with Gasteiger partial charge in [0.1, 0.15) is 11.2 Å². The summed E-state index contributed by atoms with van der Waals surface area (Å²) >= 11 is 3.07. The van der Waals surface area contributed by atoms with Gasteiger partial charge in [-0.3, -0.25) is 9.59 Å². The van der Waals surface area contributed by atoms with Gasteiger partial charge in [0, 0.05) is 12.7 Å². The maximum atomic E-state index is 13.3. The van der Waals surface area contributed by atoms with Crippen LogP contribution in [0.15, 0.2) is 16.6 Å². The van der Waals surface area contributed by atoms with Crippen LogP contribution in [0.2, 0.25) is 0 Å². The largest absolute Gasteiger partial charge is 0.358 e. The van der Waals surface area contributed by atoms with Crippen molar-refractivity contribution in [3.05, 3.63) is 28.0 Å². The number of carbonyl (C=O) groups excluding carboxylic acids is 2. The molecule has 1 aliphatic rings. The highest BCUT2D eigenvalue weighted by Crippen LogP contribution is 2.47. The van der Waals surface area contributed by atoms with Gasteiger partial charge in [0.15, 0.2) is 0 Å². The molecule has 1 aliphatic carbocycles. The predicted molar refractivity (Wildman–Crippen MR) is 73.2 cm³/mol. The van der Waals surface area contributed by atoms with E-state index in [2.05, 4.69) is 26.6 Å². The number of halogens is 2. The standard InChI is InChI=1S/C13H14BrFN2O2/c1-7-5-9(15)8(14)6-10(7)17-12(19)13(3-4-13)11(18)16-2/h5-6H,3-4H2,1-2H3,(H,16,18)(H,17,19). The van der Waals surface area contributed by atoms with E-state index >= 15 is 0 Å². The summed E-state index contributed by atoms with van der Waals surface area (Å²) < 4.78 is 13.6. The van der Waals surface area contributed by atoms with E-state index in [-0.39, 0.29) is 22.1 Å². The summed E-state index contributed by atoms with van der Waals surface area (Å²) in [5.74, 6) is -1.000. The summed E-state index contributed by atoms with van der Waals surface area (Å²) in [6.07, 6.45) is 1.08. The lowest BCUT2D eigenvalue weighted by molar-refractivity contribution is -0.134. The first-order valence-corrected chi connectivity index (χ1v) is 6.69. The third kappa shape index (κ3) is 2.49. The number of hydrogen-bond acceptors (Lipinski definition) is 2. The number of hydrogen-bond donors (Lipinski definition) is 2. The fraction of sp³-hybridized carbons (Fsp3) is 0.385. The molecule has 2 N–H and O–H groups in total. The van der Waals surface area contributed by atoms with E-state index in [4.69, 9.17) is 0 Å². The number of nitrogens with one attached hydrogen (secondary N) is 2. The third-order valence-electron chi connectivity index (χ3n) is 3.36. The maximum Gasteiger partial charge on any atom is 0.240 e. The molecule has 1 fully saturated rings. The molecule has 2 amide bonds. The van der Waals surface area contributed by atoms with Crippen LogP contribution >= 0.6 is 15.9 Å². The number of anilines is 1. The van der Waals surface area contributed by atoms with Crippen LogP contribution in [0.1, 0.15) is 18.4 Å². The molecule has 0 heterocycles. The highest BCUT2D eigenvalue weighted by molar-refractivity contribution is 9.10. The van der Waals surface area contributed by atoms with Crippen LogP contribution in [0.25, 0.3) is 0 Å². The first kappa shape index (κ1) is 14.0. The van der Waals surface area contributed by atoms with Crippen LogP contribution in [-0.4, -0.2) is 18.9 Å². The molecular weight excluding hydrogens is 315 g/mol. The van der Waals surface area contributed by atoms with Gasteiger partial charge in [-0.05, 0) is 53.4 Å². The van der Waals surface area contributed by atoms with E-state index < -0.39 is 5.41 Å². The lowest BCUT2D eigenvalue weighted by Crippen LogP contribution is -2.38. The van der Waals surface area contributed by atoms with Crippen LogP contribution in [0.3, 0.4) is 0 Å². The number of carbonyl (C=O) groups is 2. The Morgan fingerprint density at radius 3 is 2.47 bits per heavy atom. The Labute approximate surface area is 118 Å². The van der Waals surface area contributed by atoms with Gasteiger partial charge in [0.2, 0.25) is 11.8 Å². The van der Waals surface area contributed by atoms with Gasteiger partial charge in [-0.15, -0.1) is 0 Å². The van der Waals surface area contributed by atoms with Crippen molar-refractivity contribution < 1.29 is 14.0 Å². The SMILES string of the molecule is CNC(=O)C1(C(=O)Nc2cc(Br)c(F)cc2C)CC1. The average molecular weight is 329 g/mol. The lowest BCUT2D eigenvalue weighted by atomic mass is 10.0. The van der Waals surface area contributed by atoms with Gasteiger partial charge in [-0.25, -0.2) is 4.39 Å². The second kappa shape index (κ2) is 4.92. The third-order valence-corrected chi connectivity index (χ3v) is 3.97. The van der Waals surface area contributed by atoms with Crippen molar-refractivity contribution in [2.45, 2.75) is 19.8 Å². The molecule has 1 saturated carbocycles. The minimum atomic E-state index is -0.956. The number of amides is 2. The Morgan fingerprint density at radius 2 is 1.95 bits per heavy atom. The first-order chi connectivity index (χ1) is 8.90. The first-order valence-electron chi connectivity index (χ1n) is 5.90. The quantitative estimate of drug-likeness (QED) is 0.837. The Bertz CT molecular complexity index is 556. The van der Waals surface area contributed by atoms with E-state index in [9.17, 15) is 14.0 Å². The van der Waals surface area contributed by atoms with E-state index in [0.29, 0.717) is 24.1 Å². The molecule has 1 aromatic rings. The van der Waals surface area contributed by atoms with E-state index in [0.717, 1.165) is 0 Å². The van der Waals surface area contributed by atoms with Gasteiger partial charge >= 0.3 is 0 Å². The van der Waals surface area contributed by atoms with Gasteiger partial charge in [-0.1, -0.05) is 0 Å². The molecule has 0 unspecified atom stereocenters. The molecule has 0 spiro atoms. The van der Waals surface area contributed by atoms with Crippen LogP contribution in [0.4, 0.5) is 10.1 Å². The predicted octanol–water partition coefficient (Wildman–Crippen LogP) is 2.36.